The van der Waals surface area contributed by atoms with Crippen LogP contribution in [-0.2, 0) is 9.59 Å². The molecule has 0 aliphatic rings. The third kappa shape index (κ3) is 8.40. The zero-order valence-corrected chi connectivity index (χ0v) is 25.5. The van der Waals surface area contributed by atoms with E-state index in [1.54, 1.807) is 97.9 Å². The molecule has 0 aliphatic heterocycles. The maximum absolute atomic E-state index is 13.4. The molecular weight excluding hydrogens is 600 g/mol. The molecule has 4 amide bonds. The fraction of sp³-hybridized carbons (Fsp3) is 0.0556. The summed E-state index contributed by atoms with van der Waals surface area (Å²) in [5.41, 5.74) is 7.93. The van der Waals surface area contributed by atoms with Crippen LogP contribution in [0.5, 0.6) is 0 Å². The summed E-state index contributed by atoms with van der Waals surface area (Å²) >= 11 is 1.34. The minimum atomic E-state index is -0.544. The van der Waals surface area contributed by atoms with Crippen molar-refractivity contribution in [2.45, 2.75) is 17.1 Å². The van der Waals surface area contributed by atoms with E-state index in [2.05, 4.69) is 16.0 Å². The van der Waals surface area contributed by atoms with Crippen LogP contribution in [0.15, 0.2) is 136 Å². The van der Waals surface area contributed by atoms with Gasteiger partial charge in [-0.2, -0.15) is 0 Å². The largest absolute Gasteiger partial charge is 0.457 e. The van der Waals surface area contributed by atoms with Crippen molar-refractivity contribution in [1.82, 2.24) is 5.32 Å². The van der Waals surface area contributed by atoms with Gasteiger partial charge in [-0.15, -0.1) is 11.8 Å². The number of primary amides is 1. The molecule has 4 aromatic carbocycles. The Morgan fingerprint density at radius 1 is 0.717 bits per heavy atom. The van der Waals surface area contributed by atoms with Gasteiger partial charge in [0.1, 0.15) is 17.2 Å². The van der Waals surface area contributed by atoms with Gasteiger partial charge in [-0.25, -0.2) is 0 Å². The van der Waals surface area contributed by atoms with Crippen LogP contribution < -0.4 is 21.7 Å². The van der Waals surface area contributed by atoms with Crippen LogP contribution in [-0.4, -0.2) is 28.9 Å². The number of nitrogens with two attached hydrogens (primary N) is 1. The maximum Gasteiger partial charge on any atom is 0.272 e. The molecule has 5 rings (SSSR count). The molecule has 5 aromatic rings. The Kier molecular flexibility index (Phi) is 10.1. The number of carbonyl (C=O) groups excluding carboxylic acids is 4. The van der Waals surface area contributed by atoms with Crippen LogP contribution in [0.4, 0.5) is 11.4 Å². The average Bonchev–Trinajstić information content (AvgIpc) is 3.55. The number of hydrogen-bond acceptors (Lipinski definition) is 6. The molecule has 0 bridgehead atoms. The Labute approximate surface area is 269 Å². The lowest BCUT2D eigenvalue weighted by Crippen LogP contribution is -2.30. The van der Waals surface area contributed by atoms with Crippen LogP contribution in [0.3, 0.4) is 0 Å². The Balaban J connectivity index is 1.26. The van der Waals surface area contributed by atoms with E-state index in [1.807, 2.05) is 30.3 Å². The van der Waals surface area contributed by atoms with Gasteiger partial charge in [0.25, 0.3) is 11.8 Å². The summed E-state index contributed by atoms with van der Waals surface area (Å²) in [5.74, 6) is -0.734. The summed E-state index contributed by atoms with van der Waals surface area (Å²) < 4.78 is 5.95. The Bertz CT molecular complexity index is 1870. The van der Waals surface area contributed by atoms with E-state index < -0.39 is 23.0 Å². The zero-order chi connectivity index (χ0) is 32.5. The van der Waals surface area contributed by atoms with Crippen molar-refractivity contribution in [2.24, 2.45) is 5.73 Å². The number of carbonyl (C=O) groups is 4. The Hall–Kier alpha value is -5.87. The topological polar surface area (TPSA) is 144 Å². The van der Waals surface area contributed by atoms with Crippen molar-refractivity contribution in [3.05, 3.63) is 144 Å². The summed E-state index contributed by atoms with van der Waals surface area (Å²) in [5, 5.41) is 7.91. The van der Waals surface area contributed by atoms with E-state index >= 15 is 0 Å². The summed E-state index contributed by atoms with van der Waals surface area (Å²) in [6.07, 6.45) is 1.48. The first-order valence-corrected chi connectivity index (χ1v) is 15.2. The first-order valence-electron chi connectivity index (χ1n) is 14.3. The minimum absolute atomic E-state index is 0.00424. The molecule has 0 saturated carbocycles. The smallest absolute Gasteiger partial charge is 0.272 e. The third-order valence-corrected chi connectivity index (χ3v) is 7.84. The summed E-state index contributed by atoms with van der Waals surface area (Å²) in [6, 6.07) is 35.0. The lowest BCUT2D eigenvalue weighted by molar-refractivity contribution is -0.115. The fourth-order valence-corrected chi connectivity index (χ4v) is 5.17. The molecule has 0 unspecified atom stereocenters. The normalized spacial score (nSPS) is 11.7. The number of amides is 4. The van der Waals surface area contributed by atoms with E-state index in [9.17, 15) is 19.2 Å². The first kappa shape index (κ1) is 31.6. The molecule has 0 aliphatic carbocycles. The van der Waals surface area contributed by atoms with Crippen molar-refractivity contribution < 1.29 is 23.6 Å². The fourth-order valence-electron chi connectivity index (χ4n) is 4.31. The first-order chi connectivity index (χ1) is 22.2. The Morgan fingerprint density at radius 2 is 1.33 bits per heavy atom. The molecule has 0 spiro atoms. The average molecular weight is 631 g/mol. The lowest BCUT2D eigenvalue weighted by atomic mass is 10.2. The van der Waals surface area contributed by atoms with Crippen LogP contribution in [0.25, 0.3) is 17.4 Å². The number of furan rings is 1. The second kappa shape index (κ2) is 14.7. The molecule has 1 heterocycles. The van der Waals surface area contributed by atoms with Crippen molar-refractivity contribution in [3.8, 4) is 11.3 Å². The van der Waals surface area contributed by atoms with Crippen LogP contribution in [0.1, 0.15) is 33.4 Å². The molecule has 0 fully saturated rings. The highest BCUT2D eigenvalue weighted by molar-refractivity contribution is 8.00. The van der Waals surface area contributed by atoms with Crippen molar-refractivity contribution >= 4 is 52.8 Å². The van der Waals surface area contributed by atoms with Gasteiger partial charge in [0.05, 0.1) is 5.25 Å². The predicted octanol–water partition coefficient (Wildman–Crippen LogP) is 6.57. The Morgan fingerprint density at radius 3 is 1.98 bits per heavy atom. The van der Waals surface area contributed by atoms with Crippen molar-refractivity contribution in [1.29, 1.82) is 0 Å². The zero-order valence-electron chi connectivity index (χ0n) is 24.7. The molecule has 1 atom stereocenters. The van der Waals surface area contributed by atoms with E-state index in [0.29, 0.717) is 34.0 Å². The number of thioether (sulfide) groups is 1. The third-order valence-electron chi connectivity index (χ3n) is 6.73. The second-order valence-corrected chi connectivity index (χ2v) is 11.5. The van der Waals surface area contributed by atoms with Gasteiger partial charge >= 0.3 is 0 Å². The molecular formula is C36H30N4O5S. The highest BCUT2D eigenvalue weighted by atomic mass is 32.2. The van der Waals surface area contributed by atoms with Gasteiger partial charge in [0, 0.05) is 39.0 Å². The number of anilines is 2. The van der Waals surface area contributed by atoms with Gasteiger partial charge in [-0.3, -0.25) is 19.2 Å². The number of benzene rings is 4. The molecule has 9 nitrogen and oxygen atoms in total. The van der Waals surface area contributed by atoms with Crippen molar-refractivity contribution in [3.63, 3.8) is 0 Å². The molecule has 1 aromatic heterocycles. The number of hydrogen-bond donors (Lipinski definition) is 4. The number of nitrogens with one attached hydrogen (secondary N) is 3. The van der Waals surface area contributed by atoms with E-state index in [1.165, 1.54) is 17.8 Å². The molecule has 5 N–H and O–H groups in total. The van der Waals surface area contributed by atoms with Gasteiger partial charge in [-0.05, 0) is 79.7 Å². The SMILES string of the molecule is C[C@@H](Sc1ccc(NC(=O)/C(=C/c2ccc(-c3ccccc3)o2)NC(=O)c2ccccc2)cc1)C(=O)Nc1ccc(C(N)=O)cc1. The van der Waals surface area contributed by atoms with E-state index in [0.717, 1.165) is 10.5 Å². The summed E-state index contributed by atoms with van der Waals surface area (Å²) in [7, 11) is 0. The van der Waals surface area contributed by atoms with Gasteiger partial charge in [-0.1, -0.05) is 48.5 Å². The minimum Gasteiger partial charge on any atom is -0.457 e. The van der Waals surface area contributed by atoms with E-state index in [-0.39, 0.29) is 11.6 Å². The quantitative estimate of drug-likeness (QED) is 0.0960. The van der Waals surface area contributed by atoms with Crippen LogP contribution >= 0.6 is 11.8 Å². The van der Waals surface area contributed by atoms with Crippen LogP contribution in [0.2, 0.25) is 0 Å². The lowest BCUT2D eigenvalue weighted by Gasteiger charge is -2.13. The molecule has 0 radical (unpaired) electrons. The summed E-state index contributed by atoms with van der Waals surface area (Å²) in [6.45, 7) is 1.78. The maximum atomic E-state index is 13.4. The van der Waals surface area contributed by atoms with Gasteiger partial charge < -0.3 is 26.1 Å². The molecule has 230 valence electrons. The van der Waals surface area contributed by atoms with Crippen molar-refractivity contribution in [2.75, 3.05) is 10.6 Å². The van der Waals surface area contributed by atoms with Crippen LogP contribution in [0, 0.1) is 0 Å². The monoisotopic (exact) mass is 630 g/mol. The van der Waals surface area contributed by atoms with E-state index in [4.69, 9.17) is 10.2 Å². The predicted molar refractivity (Wildman–Crippen MR) is 180 cm³/mol. The standard InChI is InChI=1S/C36H30N4O5S/c1-23(34(42)38-27-14-12-25(13-15-27)33(37)41)46-30-19-16-28(17-20-30)39-36(44)31(40-35(43)26-10-6-3-7-11-26)22-29-18-21-32(45-29)24-8-4-2-5-9-24/h2-23H,1H3,(H2,37,41)(H,38,42)(H,39,44)(H,40,43)/b31-22-/t23-/m1/s1. The van der Waals surface area contributed by atoms with Gasteiger partial charge in [0.2, 0.25) is 11.8 Å². The molecule has 46 heavy (non-hydrogen) atoms. The second-order valence-electron chi connectivity index (χ2n) is 10.1. The number of rotatable bonds is 11. The molecule has 0 saturated heterocycles. The molecule has 10 heteroatoms. The summed E-state index contributed by atoms with van der Waals surface area (Å²) in [4.78, 5) is 51.2. The highest BCUT2D eigenvalue weighted by Crippen LogP contribution is 2.27. The highest BCUT2D eigenvalue weighted by Gasteiger charge is 2.18. The van der Waals surface area contributed by atoms with Gasteiger partial charge in [0.15, 0.2) is 0 Å².